The van der Waals surface area contributed by atoms with Crippen LogP contribution in [0.15, 0.2) is 24.3 Å². The standard InChI is InChI=1S/C20H26N2O5/c1-2-25-17-5-3-16(4-6-17)22-14-15(13-18(22)23)19(24)21-9-7-20(8-10-21)26-11-12-27-20/h3-6,15H,2,7-14H2,1H3. The van der Waals surface area contributed by atoms with E-state index in [0.717, 1.165) is 11.4 Å². The van der Waals surface area contributed by atoms with Crippen LogP contribution in [0.1, 0.15) is 26.2 Å². The quantitative estimate of drug-likeness (QED) is 0.804. The van der Waals surface area contributed by atoms with E-state index in [4.69, 9.17) is 14.2 Å². The summed E-state index contributed by atoms with van der Waals surface area (Å²) in [5.41, 5.74) is 0.809. The average Bonchev–Trinajstić information content (AvgIpc) is 3.30. The third-order valence-electron chi connectivity index (χ3n) is 5.58. The van der Waals surface area contributed by atoms with Crippen LogP contribution in [-0.4, -0.2) is 62.0 Å². The Bertz CT molecular complexity index is 689. The lowest BCUT2D eigenvalue weighted by Gasteiger charge is -2.38. The van der Waals surface area contributed by atoms with Gasteiger partial charge in [0, 0.05) is 44.6 Å². The molecule has 1 unspecified atom stereocenters. The van der Waals surface area contributed by atoms with E-state index in [9.17, 15) is 9.59 Å². The van der Waals surface area contributed by atoms with Crippen molar-refractivity contribution in [3.63, 3.8) is 0 Å². The minimum absolute atomic E-state index is 0.00607. The molecule has 27 heavy (non-hydrogen) atoms. The lowest BCUT2D eigenvalue weighted by Crippen LogP contribution is -2.49. The third-order valence-corrected chi connectivity index (χ3v) is 5.58. The molecule has 3 aliphatic heterocycles. The van der Waals surface area contributed by atoms with Crippen LogP contribution in [0.25, 0.3) is 0 Å². The van der Waals surface area contributed by atoms with Gasteiger partial charge in [-0.1, -0.05) is 0 Å². The molecule has 7 heteroatoms. The molecule has 1 atom stereocenters. The molecule has 0 aromatic heterocycles. The van der Waals surface area contributed by atoms with Gasteiger partial charge < -0.3 is 24.0 Å². The topological polar surface area (TPSA) is 68.3 Å². The van der Waals surface area contributed by atoms with Crippen molar-refractivity contribution >= 4 is 17.5 Å². The van der Waals surface area contributed by atoms with Crippen LogP contribution in [-0.2, 0) is 19.1 Å². The first-order valence-electron chi connectivity index (χ1n) is 9.70. The van der Waals surface area contributed by atoms with Gasteiger partial charge in [0.2, 0.25) is 11.8 Å². The Kier molecular flexibility index (Phi) is 5.06. The number of piperidine rings is 1. The molecular weight excluding hydrogens is 348 g/mol. The summed E-state index contributed by atoms with van der Waals surface area (Å²) in [5, 5.41) is 0. The summed E-state index contributed by atoms with van der Waals surface area (Å²) in [5.74, 6) is 0.0529. The Morgan fingerprint density at radius 2 is 1.85 bits per heavy atom. The molecule has 1 spiro atoms. The average molecular weight is 374 g/mol. The van der Waals surface area contributed by atoms with Crippen LogP contribution in [0.5, 0.6) is 5.75 Å². The Morgan fingerprint density at radius 3 is 2.48 bits per heavy atom. The van der Waals surface area contributed by atoms with E-state index in [2.05, 4.69) is 0 Å². The van der Waals surface area contributed by atoms with Crippen molar-refractivity contribution < 1.29 is 23.8 Å². The number of nitrogens with zero attached hydrogens (tertiary/aromatic N) is 2. The van der Waals surface area contributed by atoms with Gasteiger partial charge in [0.15, 0.2) is 5.79 Å². The van der Waals surface area contributed by atoms with Gasteiger partial charge in [0.05, 0.1) is 25.7 Å². The monoisotopic (exact) mass is 374 g/mol. The molecule has 0 bridgehead atoms. The van der Waals surface area contributed by atoms with Gasteiger partial charge in [-0.25, -0.2) is 0 Å². The summed E-state index contributed by atoms with van der Waals surface area (Å²) in [6.45, 7) is 5.46. The van der Waals surface area contributed by atoms with Gasteiger partial charge in [-0.3, -0.25) is 9.59 Å². The van der Waals surface area contributed by atoms with Crippen LogP contribution in [0.3, 0.4) is 0 Å². The molecule has 0 aliphatic carbocycles. The summed E-state index contributed by atoms with van der Waals surface area (Å²) in [4.78, 5) is 28.9. The highest BCUT2D eigenvalue weighted by atomic mass is 16.7. The molecule has 3 fully saturated rings. The van der Waals surface area contributed by atoms with Crippen LogP contribution in [0.4, 0.5) is 5.69 Å². The van der Waals surface area contributed by atoms with Gasteiger partial charge in [-0.05, 0) is 31.2 Å². The van der Waals surface area contributed by atoms with Crippen molar-refractivity contribution in [2.24, 2.45) is 5.92 Å². The minimum atomic E-state index is -0.489. The van der Waals surface area contributed by atoms with Crippen molar-refractivity contribution in [2.45, 2.75) is 32.0 Å². The fourth-order valence-corrected chi connectivity index (χ4v) is 4.12. The van der Waals surface area contributed by atoms with Crippen molar-refractivity contribution in [1.82, 2.24) is 4.90 Å². The predicted octanol–water partition coefficient (Wildman–Crippen LogP) is 1.80. The fraction of sp³-hybridized carbons (Fsp3) is 0.600. The fourth-order valence-electron chi connectivity index (χ4n) is 4.12. The minimum Gasteiger partial charge on any atom is -0.494 e. The van der Waals surface area contributed by atoms with Gasteiger partial charge in [-0.2, -0.15) is 0 Å². The number of hydrogen-bond donors (Lipinski definition) is 0. The highest BCUT2D eigenvalue weighted by Crippen LogP contribution is 2.33. The van der Waals surface area contributed by atoms with Crippen molar-refractivity contribution in [2.75, 3.05) is 44.4 Å². The number of ether oxygens (including phenoxy) is 3. The number of benzene rings is 1. The Labute approximate surface area is 159 Å². The second-order valence-corrected chi connectivity index (χ2v) is 7.27. The molecule has 146 valence electrons. The zero-order valence-corrected chi connectivity index (χ0v) is 15.7. The first-order valence-corrected chi connectivity index (χ1v) is 9.70. The van der Waals surface area contributed by atoms with Gasteiger partial charge >= 0.3 is 0 Å². The van der Waals surface area contributed by atoms with Crippen LogP contribution in [0.2, 0.25) is 0 Å². The summed E-state index contributed by atoms with van der Waals surface area (Å²) >= 11 is 0. The Morgan fingerprint density at radius 1 is 1.19 bits per heavy atom. The Balaban J connectivity index is 1.36. The lowest BCUT2D eigenvalue weighted by molar-refractivity contribution is -0.188. The number of amides is 2. The zero-order chi connectivity index (χ0) is 18.9. The van der Waals surface area contributed by atoms with Crippen molar-refractivity contribution in [1.29, 1.82) is 0 Å². The van der Waals surface area contributed by atoms with Crippen LogP contribution in [0, 0.1) is 5.92 Å². The van der Waals surface area contributed by atoms with E-state index in [0.29, 0.717) is 52.3 Å². The van der Waals surface area contributed by atoms with E-state index < -0.39 is 5.79 Å². The number of carbonyl (C=O) groups is 2. The number of rotatable bonds is 4. The maximum atomic E-state index is 12.9. The number of hydrogen-bond acceptors (Lipinski definition) is 5. The van der Waals surface area contributed by atoms with E-state index in [1.807, 2.05) is 36.1 Å². The van der Waals surface area contributed by atoms with E-state index in [1.165, 1.54) is 0 Å². The SMILES string of the molecule is CCOc1ccc(N2CC(C(=O)N3CCC4(CC3)OCCO4)CC2=O)cc1. The van der Waals surface area contributed by atoms with Crippen LogP contribution >= 0.6 is 0 Å². The second kappa shape index (κ2) is 7.48. The summed E-state index contributed by atoms with van der Waals surface area (Å²) in [6.07, 6.45) is 1.66. The first-order chi connectivity index (χ1) is 13.1. The van der Waals surface area contributed by atoms with Crippen molar-refractivity contribution in [3.05, 3.63) is 24.3 Å². The molecule has 3 saturated heterocycles. The van der Waals surface area contributed by atoms with E-state index in [1.54, 1.807) is 4.90 Å². The summed E-state index contributed by atoms with van der Waals surface area (Å²) in [7, 11) is 0. The van der Waals surface area contributed by atoms with E-state index >= 15 is 0 Å². The molecule has 2 amide bonds. The zero-order valence-electron chi connectivity index (χ0n) is 15.7. The Hall–Kier alpha value is -2.12. The normalized spacial score (nSPS) is 24.6. The maximum absolute atomic E-state index is 12.9. The number of carbonyl (C=O) groups excluding carboxylic acids is 2. The molecule has 0 N–H and O–H groups in total. The number of anilines is 1. The van der Waals surface area contributed by atoms with Gasteiger partial charge in [0.25, 0.3) is 0 Å². The molecule has 3 heterocycles. The molecule has 1 aromatic rings. The van der Waals surface area contributed by atoms with E-state index in [-0.39, 0.29) is 24.2 Å². The highest BCUT2D eigenvalue weighted by Gasteiger charge is 2.43. The molecule has 3 aliphatic rings. The summed E-state index contributed by atoms with van der Waals surface area (Å²) in [6, 6.07) is 7.45. The predicted molar refractivity (Wildman–Crippen MR) is 98.5 cm³/mol. The molecule has 7 nitrogen and oxygen atoms in total. The van der Waals surface area contributed by atoms with Crippen molar-refractivity contribution in [3.8, 4) is 5.75 Å². The van der Waals surface area contributed by atoms with Gasteiger partial charge in [0.1, 0.15) is 5.75 Å². The van der Waals surface area contributed by atoms with Gasteiger partial charge in [-0.15, -0.1) is 0 Å². The molecular formula is C20H26N2O5. The highest BCUT2D eigenvalue weighted by molar-refractivity contribution is 6.00. The largest absolute Gasteiger partial charge is 0.494 e. The second-order valence-electron chi connectivity index (χ2n) is 7.27. The number of likely N-dealkylation sites (tertiary alicyclic amines) is 1. The summed E-state index contributed by atoms with van der Waals surface area (Å²) < 4.78 is 16.9. The lowest BCUT2D eigenvalue weighted by atomic mass is 10.0. The maximum Gasteiger partial charge on any atom is 0.228 e. The molecule has 4 rings (SSSR count). The molecule has 1 aromatic carbocycles. The van der Waals surface area contributed by atoms with Crippen LogP contribution < -0.4 is 9.64 Å². The first kappa shape index (κ1) is 18.3. The smallest absolute Gasteiger partial charge is 0.228 e. The molecule has 0 saturated carbocycles. The third kappa shape index (κ3) is 3.66. The molecule has 0 radical (unpaired) electrons.